The molecule has 6 rings (SSSR count). The maximum Gasteiger partial charge on any atom is 0.416 e. The molecule has 2 amide bonds. The molecule has 46 heavy (non-hydrogen) atoms. The topological polar surface area (TPSA) is 154 Å². The summed E-state index contributed by atoms with van der Waals surface area (Å²) in [5.74, 6) is -2.18. The molecule has 0 saturated carbocycles. The molecule has 240 valence electrons. The standard InChI is InChI=1S/C33H32F3N5O4S/c1-2-24(42)41-14-6-7-17(16-41)40-31(44)29-26-25-21(12-13-23(37)28(25)46-29)32(39,30(43)27(26)38)20-11-10-19(15-22(20)33(34,35)36)45-18-8-4-3-5-9-18/h2-5,8-13,15,17,26-27,29H,1,6-7,14,16,37-39H2,(H,40,44). The van der Waals surface area contributed by atoms with Crippen molar-refractivity contribution in [2.24, 2.45) is 11.5 Å². The molecule has 3 aliphatic rings. The van der Waals surface area contributed by atoms with Crippen LogP contribution in [0.3, 0.4) is 0 Å². The molecule has 9 nitrogen and oxygen atoms in total. The number of alkyl halides is 3. The number of nitrogens with zero attached hydrogens (tertiary/aromatic N) is 1. The molecular formula is C33H32F3N5O4S. The van der Waals surface area contributed by atoms with E-state index in [9.17, 15) is 27.6 Å². The van der Waals surface area contributed by atoms with E-state index >= 15 is 0 Å². The molecule has 5 unspecified atom stereocenters. The quantitative estimate of drug-likeness (QED) is 0.230. The lowest BCUT2D eigenvalue weighted by Gasteiger charge is -2.42. The lowest BCUT2D eigenvalue weighted by molar-refractivity contribution is -0.139. The van der Waals surface area contributed by atoms with E-state index < -0.39 is 51.7 Å². The fourth-order valence-electron chi connectivity index (χ4n) is 6.69. The van der Waals surface area contributed by atoms with Gasteiger partial charge in [-0.3, -0.25) is 14.4 Å². The third-order valence-electron chi connectivity index (χ3n) is 8.85. The van der Waals surface area contributed by atoms with Crippen LogP contribution in [0.25, 0.3) is 0 Å². The van der Waals surface area contributed by atoms with Crippen LogP contribution in [0.15, 0.2) is 78.2 Å². The predicted molar refractivity (Wildman–Crippen MR) is 167 cm³/mol. The Morgan fingerprint density at radius 2 is 1.80 bits per heavy atom. The van der Waals surface area contributed by atoms with Gasteiger partial charge in [-0.05, 0) is 65.9 Å². The molecule has 2 heterocycles. The summed E-state index contributed by atoms with van der Waals surface area (Å²) in [7, 11) is 0. The van der Waals surface area contributed by atoms with E-state index in [-0.39, 0.29) is 28.9 Å². The predicted octanol–water partition coefficient (Wildman–Crippen LogP) is 4.04. The number of halogens is 3. The zero-order valence-electron chi connectivity index (χ0n) is 24.6. The van der Waals surface area contributed by atoms with E-state index in [1.54, 1.807) is 35.2 Å². The van der Waals surface area contributed by atoms with Crippen LogP contribution >= 0.6 is 11.8 Å². The number of nitrogen functional groups attached to an aromatic ring is 1. The van der Waals surface area contributed by atoms with Crippen LogP contribution < -0.4 is 27.3 Å². The number of rotatable bonds is 6. The fraction of sp³-hybridized carbons (Fsp3) is 0.303. The minimum atomic E-state index is -4.91. The molecule has 0 spiro atoms. The van der Waals surface area contributed by atoms with Gasteiger partial charge in [0.2, 0.25) is 11.8 Å². The highest BCUT2D eigenvalue weighted by Gasteiger charge is 2.58. The van der Waals surface area contributed by atoms with Crippen LogP contribution in [-0.4, -0.2) is 52.9 Å². The van der Waals surface area contributed by atoms with Gasteiger partial charge in [0, 0.05) is 35.6 Å². The number of Topliss-reactive ketones (excluding diaryl/α,β-unsaturated/α-hetero) is 1. The molecule has 13 heteroatoms. The van der Waals surface area contributed by atoms with E-state index in [4.69, 9.17) is 21.9 Å². The van der Waals surface area contributed by atoms with Crippen molar-refractivity contribution in [3.63, 3.8) is 0 Å². The monoisotopic (exact) mass is 651 g/mol. The number of benzene rings is 3. The number of anilines is 1. The summed E-state index contributed by atoms with van der Waals surface area (Å²) in [4.78, 5) is 42.1. The summed E-state index contributed by atoms with van der Waals surface area (Å²) in [6, 6.07) is 12.7. The van der Waals surface area contributed by atoms with Crippen LogP contribution in [-0.2, 0) is 26.1 Å². The van der Waals surface area contributed by atoms with Crippen molar-refractivity contribution in [1.29, 1.82) is 0 Å². The number of ketones is 1. The molecule has 3 aromatic carbocycles. The average Bonchev–Trinajstić information content (AvgIpc) is 3.45. The molecule has 7 N–H and O–H groups in total. The van der Waals surface area contributed by atoms with Gasteiger partial charge in [-0.1, -0.05) is 36.9 Å². The van der Waals surface area contributed by atoms with Gasteiger partial charge < -0.3 is 32.2 Å². The minimum absolute atomic E-state index is 0.0952. The van der Waals surface area contributed by atoms with E-state index in [1.165, 1.54) is 24.3 Å². The van der Waals surface area contributed by atoms with Crippen molar-refractivity contribution in [3.05, 3.63) is 95.6 Å². The maximum atomic E-state index is 14.7. The SMILES string of the molecule is C=CC(=O)N1CCCC(NC(=O)C2Sc3c(N)ccc4c3C2C(N)C(=O)C4(N)c2ccc(Oc3ccccc3)cc2C(F)(F)F)C1. The van der Waals surface area contributed by atoms with Crippen molar-refractivity contribution in [1.82, 2.24) is 10.2 Å². The first-order chi connectivity index (χ1) is 21.8. The molecule has 1 aliphatic carbocycles. The first-order valence-electron chi connectivity index (χ1n) is 14.7. The summed E-state index contributed by atoms with van der Waals surface area (Å²) >= 11 is 1.11. The molecule has 3 aromatic rings. The molecule has 5 atom stereocenters. The van der Waals surface area contributed by atoms with Crippen molar-refractivity contribution in [2.45, 2.75) is 52.7 Å². The van der Waals surface area contributed by atoms with Crippen LogP contribution in [0.1, 0.15) is 41.0 Å². The number of nitrogens with one attached hydrogen (secondary N) is 1. The van der Waals surface area contributed by atoms with Crippen molar-refractivity contribution < 1.29 is 32.3 Å². The van der Waals surface area contributed by atoms with E-state index in [2.05, 4.69) is 11.9 Å². The third kappa shape index (κ3) is 5.31. The molecule has 2 aliphatic heterocycles. The highest BCUT2D eigenvalue weighted by molar-refractivity contribution is 8.01. The van der Waals surface area contributed by atoms with Crippen molar-refractivity contribution >= 4 is 35.0 Å². The third-order valence-corrected chi connectivity index (χ3v) is 10.3. The fourth-order valence-corrected chi connectivity index (χ4v) is 8.15. The van der Waals surface area contributed by atoms with Crippen LogP contribution in [0.5, 0.6) is 11.5 Å². The molecule has 0 aromatic heterocycles. The van der Waals surface area contributed by atoms with E-state index in [0.717, 1.165) is 23.9 Å². The summed E-state index contributed by atoms with van der Waals surface area (Å²) < 4.78 is 49.6. The Morgan fingerprint density at radius 1 is 1.09 bits per heavy atom. The number of carbonyl (C=O) groups excluding carboxylic acids is 3. The summed E-state index contributed by atoms with van der Waals surface area (Å²) in [5, 5.41) is 2.08. The van der Waals surface area contributed by atoms with E-state index in [1.807, 2.05) is 0 Å². The second kappa shape index (κ2) is 11.8. The largest absolute Gasteiger partial charge is 0.457 e. The Hall–Kier alpha value is -4.33. The Morgan fingerprint density at radius 3 is 2.50 bits per heavy atom. The molecule has 0 bridgehead atoms. The molecular weight excluding hydrogens is 619 g/mol. The van der Waals surface area contributed by atoms with Gasteiger partial charge in [0.15, 0.2) is 5.78 Å². The lowest BCUT2D eigenvalue weighted by atomic mass is 9.64. The number of piperidine rings is 1. The zero-order valence-corrected chi connectivity index (χ0v) is 25.4. The van der Waals surface area contributed by atoms with Crippen LogP contribution in [0.2, 0.25) is 0 Å². The Balaban J connectivity index is 1.38. The summed E-state index contributed by atoms with van der Waals surface area (Å²) in [5.41, 5.74) is 16.5. The van der Waals surface area contributed by atoms with Crippen molar-refractivity contribution in [2.75, 3.05) is 18.8 Å². The number of hydrogen-bond acceptors (Lipinski definition) is 8. The number of para-hydroxylation sites is 1. The molecule has 1 fully saturated rings. The van der Waals surface area contributed by atoms with Gasteiger partial charge in [0.1, 0.15) is 17.0 Å². The highest BCUT2D eigenvalue weighted by atomic mass is 32.2. The van der Waals surface area contributed by atoms with Crippen molar-refractivity contribution in [3.8, 4) is 11.5 Å². The maximum absolute atomic E-state index is 14.7. The first-order valence-corrected chi connectivity index (χ1v) is 15.6. The summed E-state index contributed by atoms with van der Waals surface area (Å²) in [6.07, 6.45) is -2.38. The Labute approximate surface area is 267 Å². The molecule has 1 saturated heterocycles. The first kappa shape index (κ1) is 31.6. The number of nitrogens with two attached hydrogens (primary N) is 3. The van der Waals surface area contributed by atoms with Gasteiger partial charge in [-0.25, -0.2) is 0 Å². The number of carbonyl (C=O) groups is 3. The number of likely N-dealkylation sites (tertiary alicyclic amines) is 1. The second-order valence-corrected chi connectivity index (χ2v) is 12.8. The second-order valence-electron chi connectivity index (χ2n) is 11.7. The lowest BCUT2D eigenvalue weighted by Crippen LogP contribution is -2.61. The minimum Gasteiger partial charge on any atom is -0.457 e. The number of ether oxygens (including phenoxy) is 1. The Bertz CT molecular complexity index is 1740. The number of amides is 2. The van der Waals surface area contributed by atoms with Gasteiger partial charge in [-0.15, -0.1) is 11.8 Å². The van der Waals surface area contributed by atoms with Crippen LogP contribution in [0, 0.1) is 0 Å². The van der Waals surface area contributed by atoms with Gasteiger partial charge in [0.05, 0.1) is 16.9 Å². The van der Waals surface area contributed by atoms with Gasteiger partial charge >= 0.3 is 6.18 Å². The number of hydrogen-bond donors (Lipinski definition) is 4. The smallest absolute Gasteiger partial charge is 0.416 e. The molecule has 0 radical (unpaired) electrons. The van der Waals surface area contributed by atoms with Gasteiger partial charge in [0.25, 0.3) is 0 Å². The normalized spacial score (nSPS) is 25.5. The summed E-state index contributed by atoms with van der Waals surface area (Å²) in [6.45, 7) is 4.36. The average molecular weight is 652 g/mol. The van der Waals surface area contributed by atoms with Gasteiger partial charge in [-0.2, -0.15) is 13.2 Å². The van der Waals surface area contributed by atoms with E-state index in [0.29, 0.717) is 42.1 Å². The Kier molecular flexibility index (Phi) is 8.11. The zero-order chi connectivity index (χ0) is 33.0. The van der Waals surface area contributed by atoms with Crippen LogP contribution in [0.4, 0.5) is 18.9 Å². The number of thioether (sulfide) groups is 1. The highest BCUT2D eigenvalue weighted by Crippen LogP contribution is 2.57.